The minimum absolute atomic E-state index is 0.139. The van der Waals surface area contributed by atoms with Crippen molar-refractivity contribution >= 4 is 5.91 Å². The fourth-order valence-electron chi connectivity index (χ4n) is 1.79. The number of phenolic OH excluding ortho intramolecular Hbond substituents is 1. The van der Waals surface area contributed by atoms with Gasteiger partial charge in [0, 0.05) is 12.1 Å². The van der Waals surface area contributed by atoms with E-state index >= 15 is 0 Å². The van der Waals surface area contributed by atoms with Crippen LogP contribution >= 0.6 is 0 Å². The molecule has 0 saturated carbocycles. The maximum Gasteiger partial charge on any atom is 0.251 e. The molecule has 0 fully saturated rings. The Balaban J connectivity index is 1.94. The van der Waals surface area contributed by atoms with Gasteiger partial charge in [-0.3, -0.25) is 4.79 Å². The molecule has 2 rings (SSSR count). The number of nitrogens with one attached hydrogen (secondary N) is 1. The lowest BCUT2D eigenvalue weighted by Gasteiger charge is -2.06. The molecular formula is C16H17NO2. The van der Waals surface area contributed by atoms with Crippen molar-refractivity contribution < 1.29 is 9.90 Å². The van der Waals surface area contributed by atoms with Gasteiger partial charge in [-0.25, -0.2) is 0 Å². The van der Waals surface area contributed by atoms with Gasteiger partial charge >= 0.3 is 0 Å². The number of hydrogen-bond acceptors (Lipinski definition) is 2. The number of aryl methyl sites for hydroxylation is 1. The smallest absolute Gasteiger partial charge is 0.251 e. The van der Waals surface area contributed by atoms with E-state index in [1.165, 1.54) is 17.7 Å². The van der Waals surface area contributed by atoms with Crippen LogP contribution in [-0.2, 0) is 13.0 Å². The van der Waals surface area contributed by atoms with Crippen LogP contribution < -0.4 is 5.32 Å². The van der Waals surface area contributed by atoms with Crippen LogP contribution in [0.25, 0.3) is 0 Å². The summed E-state index contributed by atoms with van der Waals surface area (Å²) in [6.07, 6.45) is 1.01. The van der Waals surface area contributed by atoms with E-state index in [-0.39, 0.29) is 11.7 Å². The summed E-state index contributed by atoms with van der Waals surface area (Å²) in [6.45, 7) is 2.62. The number of benzene rings is 2. The van der Waals surface area contributed by atoms with Gasteiger partial charge in [0.1, 0.15) is 5.75 Å². The van der Waals surface area contributed by atoms with Crippen molar-refractivity contribution in [2.75, 3.05) is 0 Å². The number of hydrogen-bond donors (Lipinski definition) is 2. The number of amides is 1. The summed E-state index contributed by atoms with van der Waals surface area (Å²) < 4.78 is 0. The lowest BCUT2D eigenvalue weighted by molar-refractivity contribution is 0.0951. The second-order valence-electron chi connectivity index (χ2n) is 4.40. The Morgan fingerprint density at radius 3 is 2.16 bits per heavy atom. The van der Waals surface area contributed by atoms with Gasteiger partial charge in [0.15, 0.2) is 0 Å². The highest BCUT2D eigenvalue weighted by Gasteiger charge is 2.04. The first kappa shape index (κ1) is 13.1. The number of carbonyl (C=O) groups is 1. The average Bonchev–Trinajstić information content (AvgIpc) is 2.46. The van der Waals surface area contributed by atoms with Gasteiger partial charge in [0.2, 0.25) is 0 Å². The Labute approximate surface area is 112 Å². The molecule has 0 bridgehead atoms. The molecule has 0 radical (unpaired) electrons. The zero-order valence-corrected chi connectivity index (χ0v) is 10.9. The minimum atomic E-state index is -0.139. The fourth-order valence-corrected chi connectivity index (χ4v) is 1.79. The fraction of sp³-hybridized carbons (Fsp3) is 0.188. The first-order chi connectivity index (χ1) is 9.19. The van der Waals surface area contributed by atoms with Gasteiger partial charge in [0.25, 0.3) is 5.91 Å². The second kappa shape index (κ2) is 6.05. The molecule has 1 amide bonds. The highest BCUT2D eigenvalue weighted by atomic mass is 16.3. The van der Waals surface area contributed by atoms with Crippen molar-refractivity contribution in [2.45, 2.75) is 19.9 Å². The summed E-state index contributed by atoms with van der Waals surface area (Å²) in [6, 6.07) is 14.4. The molecule has 0 spiro atoms. The Morgan fingerprint density at radius 1 is 1.00 bits per heavy atom. The molecule has 2 aromatic carbocycles. The number of rotatable bonds is 4. The molecule has 0 aliphatic heterocycles. The molecule has 2 N–H and O–H groups in total. The molecule has 0 aromatic heterocycles. The van der Waals surface area contributed by atoms with Crippen molar-refractivity contribution in [3.8, 4) is 5.75 Å². The van der Waals surface area contributed by atoms with Gasteiger partial charge in [-0.05, 0) is 41.8 Å². The molecular weight excluding hydrogens is 238 g/mol. The molecule has 0 heterocycles. The highest BCUT2D eigenvalue weighted by Crippen LogP contribution is 2.10. The number of carbonyl (C=O) groups excluding carboxylic acids is 1. The third-order valence-corrected chi connectivity index (χ3v) is 3.01. The van der Waals surface area contributed by atoms with Crippen LogP contribution in [0.15, 0.2) is 48.5 Å². The largest absolute Gasteiger partial charge is 0.508 e. The van der Waals surface area contributed by atoms with Crippen LogP contribution in [0.1, 0.15) is 28.4 Å². The SMILES string of the molecule is CCc1ccc(CNC(=O)c2ccc(O)cc2)cc1. The summed E-state index contributed by atoms with van der Waals surface area (Å²) >= 11 is 0. The Hall–Kier alpha value is -2.29. The number of phenols is 1. The zero-order chi connectivity index (χ0) is 13.7. The molecule has 3 nitrogen and oxygen atoms in total. The maximum atomic E-state index is 11.9. The van der Waals surface area contributed by atoms with Crippen LogP contribution in [0, 0.1) is 0 Å². The minimum Gasteiger partial charge on any atom is -0.508 e. The van der Waals surface area contributed by atoms with Gasteiger partial charge in [-0.1, -0.05) is 31.2 Å². The normalized spacial score (nSPS) is 10.2. The van der Waals surface area contributed by atoms with Gasteiger partial charge in [0.05, 0.1) is 0 Å². The van der Waals surface area contributed by atoms with Crippen LogP contribution in [0.4, 0.5) is 0 Å². The molecule has 19 heavy (non-hydrogen) atoms. The lowest BCUT2D eigenvalue weighted by atomic mass is 10.1. The second-order valence-corrected chi connectivity index (χ2v) is 4.40. The van der Waals surface area contributed by atoms with Crippen molar-refractivity contribution in [3.63, 3.8) is 0 Å². The topological polar surface area (TPSA) is 49.3 Å². The third-order valence-electron chi connectivity index (χ3n) is 3.01. The summed E-state index contributed by atoms with van der Waals surface area (Å²) in [5, 5.41) is 12.0. The number of aromatic hydroxyl groups is 1. The predicted octanol–water partition coefficient (Wildman–Crippen LogP) is 2.88. The van der Waals surface area contributed by atoms with Gasteiger partial charge in [-0.15, -0.1) is 0 Å². The van der Waals surface area contributed by atoms with Crippen LogP contribution in [-0.4, -0.2) is 11.0 Å². The van der Waals surface area contributed by atoms with E-state index in [0.29, 0.717) is 12.1 Å². The van der Waals surface area contributed by atoms with Crippen molar-refractivity contribution in [1.29, 1.82) is 0 Å². The zero-order valence-electron chi connectivity index (χ0n) is 10.9. The van der Waals surface area contributed by atoms with E-state index in [1.54, 1.807) is 12.1 Å². The monoisotopic (exact) mass is 255 g/mol. The maximum absolute atomic E-state index is 11.9. The molecule has 0 saturated heterocycles. The molecule has 3 heteroatoms. The van der Waals surface area contributed by atoms with Gasteiger partial charge in [-0.2, -0.15) is 0 Å². The molecule has 0 aliphatic rings. The van der Waals surface area contributed by atoms with E-state index in [9.17, 15) is 4.79 Å². The lowest BCUT2D eigenvalue weighted by Crippen LogP contribution is -2.22. The van der Waals surface area contributed by atoms with Crippen LogP contribution in [0.3, 0.4) is 0 Å². The van der Waals surface area contributed by atoms with Crippen molar-refractivity contribution in [2.24, 2.45) is 0 Å². The Bertz CT molecular complexity index is 544. The summed E-state index contributed by atoms with van der Waals surface area (Å²) in [7, 11) is 0. The Morgan fingerprint density at radius 2 is 1.58 bits per heavy atom. The summed E-state index contributed by atoms with van der Waals surface area (Å²) in [5.41, 5.74) is 2.90. The van der Waals surface area contributed by atoms with Crippen molar-refractivity contribution in [1.82, 2.24) is 5.32 Å². The first-order valence-corrected chi connectivity index (χ1v) is 6.34. The van der Waals surface area contributed by atoms with Gasteiger partial charge < -0.3 is 10.4 Å². The summed E-state index contributed by atoms with van der Waals surface area (Å²) in [4.78, 5) is 11.9. The van der Waals surface area contributed by atoms with E-state index in [1.807, 2.05) is 12.1 Å². The molecule has 0 unspecified atom stereocenters. The molecule has 0 atom stereocenters. The van der Waals surface area contributed by atoms with Crippen molar-refractivity contribution in [3.05, 3.63) is 65.2 Å². The predicted molar refractivity (Wildman–Crippen MR) is 75.1 cm³/mol. The van der Waals surface area contributed by atoms with E-state index in [0.717, 1.165) is 12.0 Å². The first-order valence-electron chi connectivity index (χ1n) is 6.34. The standard InChI is InChI=1S/C16H17NO2/c1-2-12-3-5-13(6-4-12)11-17-16(19)14-7-9-15(18)10-8-14/h3-10,18H,2,11H2,1H3,(H,17,19). The van der Waals surface area contributed by atoms with Crippen LogP contribution in [0.5, 0.6) is 5.75 Å². The van der Waals surface area contributed by atoms with E-state index < -0.39 is 0 Å². The average molecular weight is 255 g/mol. The molecule has 0 aliphatic carbocycles. The van der Waals surface area contributed by atoms with E-state index in [2.05, 4.69) is 24.4 Å². The van der Waals surface area contributed by atoms with Crippen LogP contribution in [0.2, 0.25) is 0 Å². The molecule has 98 valence electrons. The third kappa shape index (κ3) is 3.58. The Kier molecular flexibility index (Phi) is 4.18. The highest BCUT2D eigenvalue weighted by molar-refractivity contribution is 5.94. The molecule has 2 aromatic rings. The summed E-state index contributed by atoms with van der Waals surface area (Å²) in [5.74, 6) is 0.0197. The quantitative estimate of drug-likeness (QED) is 0.882. The van der Waals surface area contributed by atoms with E-state index in [4.69, 9.17) is 5.11 Å².